The molecule has 146 valence electrons. The molecular weight excluding hydrogens is 368 g/mol. The first kappa shape index (κ1) is 18.6. The van der Waals surface area contributed by atoms with Gasteiger partial charge in [-0.15, -0.1) is 0 Å². The van der Waals surface area contributed by atoms with Crippen molar-refractivity contribution in [2.45, 2.75) is 18.4 Å². The quantitative estimate of drug-likeness (QED) is 0.563. The molecule has 1 aliphatic rings. The number of benzene rings is 3. The Labute approximate surface area is 168 Å². The Morgan fingerprint density at radius 1 is 0.897 bits per heavy atom. The van der Waals surface area contributed by atoms with E-state index in [1.165, 1.54) is 0 Å². The van der Waals surface area contributed by atoms with E-state index in [-0.39, 0.29) is 17.9 Å². The summed E-state index contributed by atoms with van der Waals surface area (Å²) in [7, 11) is 0. The predicted molar refractivity (Wildman–Crippen MR) is 110 cm³/mol. The minimum Gasteiger partial charge on any atom is -0.465 e. The summed E-state index contributed by atoms with van der Waals surface area (Å²) in [5.74, 6) is 1.26. The van der Waals surface area contributed by atoms with E-state index >= 15 is 0 Å². The number of carbonyl (C=O) groups is 2. The lowest BCUT2D eigenvalue weighted by atomic mass is 10.1. The summed E-state index contributed by atoms with van der Waals surface area (Å²) < 4.78 is 5.78. The lowest BCUT2D eigenvalue weighted by Crippen LogP contribution is -2.24. The van der Waals surface area contributed by atoms with Gasteiger partial charge >= 0.3 is 6.09 Å². The number of hydrogen-bond acceptors (Lipinski definition) is 3. The van der Waals surface area contributed by atoms with Crippen LogP contribution in [0, 0.1) is 0 Å². The Balaban J connectivity index is 1.38. The van der Waals surface area contributed by atoms with E-state index in [2.05, 4.69) is 10.6 Å². The van der Waals surface area contributed by atoms with Crippen LogP contribution in [-0.4, -0.2) is 23.1 Å². The smallest absolute Gasteiger partial charge is 0.404 e. The van der Waals surface area contributed by atoms with Crippen molar-refractivity contribution in [3.05, 3.63) is 90.0 Å². The maximum Gasteiger partial charge on any atom is 0.404 e. The molecule has 0 aliphatic heterocycles. The first-order valence-electron chi connectivity index (χ1n) is 9.32. The molecule has 0 spiro atoms. The van der Waals surface area contributed by atoms with Crippen LogP contribution in [0.15, 0.2) is 78.9 Å². The van der Waals surface area contributed by atoms with Gasteiger partial charge in [-0.1, -0.05) is 36.4 Å². The molecular formula is C23H20N2O4. The van der Waals surface area contributed by atoms with Gasteiger partial charge in [-0.3, -0.25) is 4.79 Å². The number of para-hydroxylation sites is 1. The second-order valence-corrected chi connectivity index (χ2v) is 6.92. The van der Waals surface area contributed by atoms with Crippen LogP contribution in [0.1, 0.15) is 28.3 Å². The van der Waals surface area contributed by atoms with Crippen LogP contribution in [0.5, 0.6) is 11.5 Å². The molecule has 1 fully saturated rings. The fourth-order valence-corrected chi connectivity index (χ4v) is 3.22. The van der Waals surface area contributed by atoms with Crippen molar-refractivity contribution in [3.63, 3.8) is 0 Å². The van der Waals surface area contributed by atoms with Gasteiger partial charge < -0.3 is 20.5 Å². The number of carbonyl (C=O) groups excluding carboxylic acids is 1. The van der Waals surface area contributed by atoms with Crippen molar-refractivity contribution in [3.8, 4) is 11.5 Å². The number of ether oxygens (including phenoxy) is 1. The van der Waals surface area contributed by atoms with Gasteiger partial charge in [-0.05, 0) is 54.4 Å². The zero-order valence-corrected chi connectivity index (χ0v) is 15.5. The normalized spacial score (nSPS) is 17.2. The Bertz CT molecular complexity index is 1020. The standard InChI is InChI=1S/C23H20N2O4/c26-22(16-5-4-8-19(13-16)29-18-6-2-1-3-7-18)24-17-11-9-15(10-12-17)20-14-21(20)25-23(27)28/h1-13,20-21,25H,14H2,(H,24,26)(H,27,28)/t20-,21+/m0/s1. The van der Waals surface area contributed by atoms with Gasteiger partial charge in [0.2, 0.25) is 0 Å². The zero-order valence-electron chi connectivity index (χ0n) is 15.5. The minimum atomic E-state index is -1.00. The van der Waals surface area contributed by atoms with Gasteiger partial charge in [-0.2, -0.15) is 0 Å². The van der Waals surface area contributed by atoms with Gasteiger partial charge in [0.15, 0.2) is 0 Å². The highest BCUT2D eigenvalue weighted by molar-refractivity contribution is 6.04. The van der Waals surface area contributed by atoms with Crippen molar-refractivity contribution >= 4 is 17.7 Å². The van der Waals surface area contributed by atoms with Crippen LogP contribution in [0.2, 0.25) is 0 Å². The van der Waals surface area contributed by atoms with Crippen molar-refractivity contribution in [1.29, 1.82) is 0 Å². The highest BCUT2D eigenvalue weighted by Gasteiger charge is 2.39. The highest BCUT2D eigenvalue weighted by atomic mass is 16.5. The SMILES string of the molecule is O=C(O)N[C@@H]1C[C@H]1c1ccc(NC(=O)c2cccc(Oc3ccccc3)c2)cc1. The summed E-state index contributed by atoms with van der Waals surface area (Å²) in [5.41, 5.74) is 2.23. The Kier molecular flexibility index (Phi) is 5.16. The van der Waals surface area contributed by atoms with Crippen LogP contribution in [0.25, 0.3) is 0 Å². The Morgan fingerprint density at radius 2 is 1.62 bits per heavy atom. The number of hydrogen-bond donors (Lipinski definition) is 3. The molecule has 0 saturated heterocycles. The summed E-state index contributed by atoms with van der Waals surface area (Å²) in [6.45, 7) is 0. The number of carboxylic acid groups (broad SMARTS) is 1. The molecule has 1 saturated carbocycles. The third kappa shape index (κ3) is 4.73. The molecule has 2 atom stereocenters. The first-order chi connectivity index (χ1) is 14.1. The fraction of sp³-hybridized carbons (Fsp3) is 0.130. The van der Waals surface area contributed by atoms with Gasteiger partial charge in [0.25, 0.3) is 5.91 Å². The largest absolute Gasteiger partial charge is 0.465 e. The van der Waals surface area contributed by atoms with Gasteiger partial charge in [0, 0.05) is 23.2 Å². The van der Waals surface area contributed by atoms with Gasteiger partial charge in [-0.25, -0.2) is 4.79 Å². The van der Waals surface area contributed by atoms with Crippen LogP contribution in [0.4, 0.5) is 10.5 Å². The minimum absolute atomic E-state index is 0.0275. The van der Waals surface area contributed by atoms with Gasteiger partial charge in [0.05, 0.1) is 0 Å². The van der Waals surface area contributed by atoms with Gasteiger partial charge in [0.1, 0.15) is 11.5 Å². The number of anilines is 1. The average molecular weight is 388 g/mol. The molecule has 29 heavy (non-hydrogen) atoms. The molecule has 1 aliphatic carbocycles. The summed E-state index contributed by atoms with van der Waals surface area (Å²) in [5, 5.41) is 14.1. The van der Waals surface area contributed by atoms with E-state index in [0.717, 1.165) is 12.0 Å². The zero-order chi connectivity index (χ0) is 20.2. The monoisotopic (exact) mass is 388 g/mol. The average Bonchev–Trinajstić information content (AvgIpc) is 3.48. The van der Waals surface area contributed by atoms with Crippen molar-refractivity contribution in [2.24, 2.45) is 0 Å². The maximum absolute atomic E-state index is 12.6. The van der Waals surface area contributed by atoms with Crippen LogP contribution < -0.4 is 15.4 Å². The molecule has 4 rings (SSSR count). The number of rotatable bonds is 6. The lowest BCUT2D eigenvalue weighted by Gasteiger charge is -2.09. The van der Waals surface area contributed by atoms with Crippen molar-refractivity contribution < 1.29 is 19.4 Å². The van der Waals surface area contributed by atoms with Crippen molar-refractivity contribution in [1.82, 2.24) is 5.32 Å². The van der Waals surface area contributed by atoms with E-state index in [9.17, 15) is 9.59 Å². The Morgan fingerprint density at radius 3 is 2.34 bits per heavy atom. The van der Waals surface area contributed by atoms with Crippen LogP contribution >= 0.6 is 0 Å². The number of nitrogens with one attached hydrogen (secondary N) is 2. The van der Waals surface area contributed by atoms with E-state index in [1.807, 2.05) is 54.6 Å². The summed E-state index contributed by atoms with van der Waals surface area (Å²) in [6, 6.07) is 23.8. The second-order valence-electron chi connectivity index (χ2n) is 6.92. The molecule has 6 nitrogen and oxygen atoms in total. The second kappa shape index (κ2) is 8.06. The topological polar surface area (TPSA) is 87.7 Å². The van der Waals surface area contributed by atoms with E-state index in [1.54, 1.807) is 24.3 Å². The fourth-order valence-electron chi connectivity index (χ4n) is 3.22. The molecule has 6 heteroatoms. The van der Waals surface area contributed by atoms with E-state index in [0.29, 0.717) is 22.7 Å². The van der Waals surface area contributed by atoms with E-state index in [4.69, 9.17) is 9.84 Å². The molecule has 3 aromatic carbocycles. The highest BCUT2D eigenvalue weighted by Crippen LogP contribution is 2.41. The molecule has 3 N–H and O–H groups in total. The number of amides is 2. The molecule has 3 aromatic rings. The molecule has 0 heterocycles. The Hall–Kier alpha value is -3.80. The summed E-state index contributed by atoms with van der Waals surface area (Å²) in [4.78, 5) is 23.3. The van der Waals surface area contributed by atoms with Crippen molar-refractivity contribution in [2.75, 3.05) is 5.32 Å². The first-order valence-corrected chi connectivity index (χ1v) is 9.32. The third-order valence-corrected chi connectivity index (χ3v) is 4.77. The molecule has 0 aromatic heterocycles. The summed E-state index contributed by atoms with van der Waals surface area (Å²) in [6.07, 6.45) is -0.202. The van der Waals surface area contributed by atoms with E-state index < -0.39 is 6.09 Å². The molecule has 0 radical (unpaired) electrons. The maximum atomic E-state index is 12.6. The predicted octanol–water partition coefficient (Wildman–Crippen LogP) is 4.85. The lowest BCUT2D eigenvalue weighted by molar-refractivity contribution is 0.102. The molecule has 0 unspecified atom stereocenters. The third-order valence-electron chi connectivity index (χ3n) is 4.77. The van der Waals surface area contributed by atoms with Crippen LogP contribution in [-0.2, 0) is 0 Å². The molecule has 2 amide bonds. The summed E-state index contributed by atoms with van der Waals surface area (Å²) >= 11 is 0. The molecule has 0 bridgehead atoms. The van der Waals surface area contributed by atoms with Crippen LogP contribution in [0.3, 0.4) is 0 Å².